The zero-order valence-corrected chi connectivity index (χ0v) is 14.0. The molecule has 3 saturated heterocycles. The van der Waals surface area contributed by atoms with Crippen LogP contribution in [0.1, 0.15) is 32.1 Å². The zero-order chi connectivity index (χ0) is 15.9. The molecule has 7 nitrogen and oxygen atoms in total. The Hall–Kier alpha value is -1.44. The van der Waals surface area contributed by atoms with Gasteiger partial charge in [-0.2, -0.15) is 4.98 Å². The Labute approximate surface area is 143 Å². The van der Waals surface area contributed by atoms with Crippen LogP contribution >= 0.6 is 0 Å². The summed E-state index contributed by atoms with van der Waals surface area (Å²) in [6, 6.07) is 4.32. The fourth-order valence-electron chi connectivity index (χ4n) is 5.00. The van der Waals surface area contributed by atoms with Gasteiger partial charge in [-0.15, -0.1) is 0 Å². The van der Waals surface area contributed by atoms with Crippen molar-refractivity contribution in [3.8, 4) is 0 Å². The SMILES string of the molecule is c1cc(NC2CCC3NNCC3C2)nc(N2C3CCC2CNC3)n1. The van der Waals surface area contributed by atoms with Crippen molar-refractivity contribution in [3.05, 3.63) is 12.3 Å². The first-order valence-electron chi connectivity index (χ1n) is 9.44. The Balaban J connectivity index is 1.29. The van der Waals surface area contributed by atoms with Gasteiger partial charge in [-0.25, -0.2) is 4.98 Å². The first kappa shape index (κ1) is 14.9. The molecule has 5 unspecified atom stereocenters. The molecule has 1 aromatic heterocycles. The summed E-state index contributed by atoms with van der Waals surface area (Å²) in [6.07, 6.45) is 8.07. The second-order valence-electron chi connectivity index (χ2n) is 7.74. The van der Waals surface area contributed by atoms with Crippen LogP contribution in [0.5, 0.6) is 0 Å². The molecule has 7 heteroatoms. The van der Waals surface area contributed by atoms with Crippen molar-refractivity contribution in [2.45, 2.75) is 56.3 Å². The molecule has 4 aliphatic rings. The van der Waals surface area contributed by atoms with Gasteiger partial charge in [0.2, 0.25) is 5.95 Å². The topological polar surface area (TPSA) is 77.1 Å². The van der Waals surface area contributed by atoms with E-state index in [9.17, 15) is 0 Å². The first-order chi connectivity index (χ1) is 11.9. The van der Waals surface area contributed by atoms with Crippen LogP contribution in [0.25, 0.3) is 0 Å². The molecule has 3 aliphatic heterocycles. The molecule has 0 aromatic carbocycles. The highest BCUT2D eigenvalue weighted by Gasteiger charge is 2.38. The average molecular weight is 329 g/mol. The molecule has 5 atom stereocenters. The lowest BCUT2D eigenvalue weighted by Gasteiger charge is -2.35. The summed E-state index contributed by atoms with van der Waals surface area (Å²) in [6.45, 7) is 3.20. The van der Waals surface area contributed by atoms with Crippen LogP contribution in [0.15, 0.2) is 12.3 Å². The Morgan fingerprint density at radius 1 is 1.08 bits per heavy atom. The highest BCUT2D eigenvalue weighted by atomic mass is 15.4. The van der Waals surface area contributed by atoms with E-state index < -0.39 is 0 Å². The highest BCUT2D eigenvalue weighted by Crippen LogP contribution is 2.31. The van der Waals surface area contributed by atoms with Gasteiger partial charge in [0.25, 0.3) is 0 Å². The van der Waals surface area contributed by atoms with Crippen molar-refractivity contribution in [1.29, 1.82) is 0 Å². The number of hydrogen-bond donors (Lipinski definition) is 4. The Bertz CT molecular complexity index is 578. The Morgan fingerprint density at radius 2 is 1.96 bits per heavy atom. The zero-order valence-electron chi connectivity index (χ0n) is 14.0. The van der Waals surface area contributed by atoms with Crippen LogP contribution in [0.2, 0.25) is 0 Å². The van der Waals surface area contributed by atoms with Crippen molar-refractivity contribution >= 4 is 11.8 Å². The Morgan fingerprint density at radius 3 is 2.83 bits per heavy atom. The fraction of sp³-hybridized carbons (Fsp3) is 0.765. The van der Waals surface area contributed by atoms with Crippen molar-refractivity contribution in [1.82, 2.24) is 26.1 Å². The summed E-state index contributed by atoms with van der Waals surface area (Å²) in [5, 5.41) is 7.20. The van der Waals surface area contributed by atoms with E-state index in [0.29, 0.717) is 24.2 Å². The minimum absolute atomic E-state index is 0.524. The van der Waals surface area contributed by atoms with E-state index in [1.54, 1.807) is 0 Å². The van der Waals surface area contributed by atoms with Gasteiger partial charge in [0.1, 0.15) is 5.82 Å². The minimum atomic E-state index is 0.524. The number of rotatable bonds is 3. The molecule has 4 fully saturated rings. The third-order valence-corrected chi connectivity index (χ3v) is 6.24. The standard InChI is InChI=1S/C17H27N7/c1-4-15-11(8-20-23-15)7-12(1)21-16-5-6-19-17(22-16)24-13-2-3-14(24)10-18-9-13/h5-6,11-15,18,20,23H,1-4,7-10H2,(H,19,21,22). The van der Waals surface area contributed by atoms with E-state index in [2.05, 4.69) is 31.4 Å². The van der Waals surface area contributed by atoms with Crippen LogP contribution < -0.4 is 26.4 Å². The minimum Gasteiger partial charge on any atom is -0.367 e. The second-order valence-corrected chi connectivity index (χ2v) is 7.74. The van der Waals surface area contributed by atoms with E-state index in [-0.39, 0.29) is 0 Å². The number of nitrogens with zero attached hydrogens (tertiary/aromatic N) is 3. The summed E-state index contributed by atoms with van der Waals surface area (Å²) in [5.74, 6) is 2.63. The van der Waals surface area contributed by atoms with E-state index in [0.717, 1.165) is 37.3 Å². The maximum absolute atomic E-state index is 4.86. The number of hydrazine groups is 1. The normalized spacial score (nSPS) is 38.2. The maximum atomic E-state index is 4.86. The van der Waals surface area contributed by atoms with Gasteiger partial charge >= 0.3 is 0 Å². The van der Waals surface area contributed by atoms with Crippen LogP contribution in [0, 0.1) is 5.92 Å². The molecule has 1 aromatic rings. The second kappa shape index (κ2) is 6.13. The lowest BCUT2D eigenvalue weighted by atomic mass is 9.83. The molecule has 1 saturated carbocycles. The van der Waals surface area contributed by atoms with E-state index >= 15 is 0 Å². The quantitative estimate of drug-likeness (QED) is 0.642. The number of anilines is 2. The molecular formula is C17H27N7. The van der Waals surface area contributed by atoms with Crippen molar-refractivity contribution in [2.24, 2.45) is 5.92 Å². The lowest BCUT2D eigenvalue weighted by Crippen LogP contribution is -2.52. The average Bonchev–Trinajstić information content (AvgIpc) is 3.16. The molecule has 1 aliphatic carbocycles. The molecule has 5 rings (SSSR count). The van der Waals surface area contributed by atoms with Crippen molar-refractivity contribution in [2.75, 3.05) is 29.9 Å². The number of piperazine rings is 1. The third kappa shape index (κ3) is 2.64. The largest absolute Gasteiger partial charge is 0.367 e. The van der Waals surface area contributed by atoms with E-state index in [1.165, 1.54) is 32.1 Å². The lowest BCUT2D eigenvalue weighted by molar-refractivity contribution is 0.314. The molecule has 0 amide bonds. The smallest absolute Gasteiger partial charge is 0.227 e. The van der Waals surface area contributed by atoms with Gasteiger partial charge in [-0.05, 0) is 44.1 Å². The van der Waals surface area contributed by atoms with Gasteiger partial charge in [-0.3, -0.25) is 10.9 Å². The van der Waals surface area contributed by atoms with E-state index in [4.69, 9.17) is 4.98 Å². The molecule has 0 spiro atoms. The Kier molecular flexibility index (Phi) is 3.80. The van der Waals surface area contributed by atoms with Crippen LogP contribution in [-0.4, -0.2) is 53.8 Å². The summed E-state index contributed by atoms with van der Waals surface area (Å²) < 4.78 is 0. The van der Waals surface area contributed by atoms with Gasteiger partial charge in [0, 0.05) is 50.0 Å². The fourth-order valence-corrected chi connectivity index (χ4v) is 5.00. The molecule has 2 bridgehead atoms. The van der Waals surface area contributed by atoms with E-state index in [1.807, 2.05) is 12.3 Å². The van der Waals surface area contributed by atoms with Crippen molar-refractivity contribution in [3.63, 3.8) is 0 Å². The van der Waals surface area contributed by atoms with Gasteiger partial charge in [-0.1, -0.05) is 0 Å². The molecule has 24 heavy (non-hydrogen) atoms. The third-order valence-electron chi connectivity index (χ3n) is 6.24. The van der Waals surface area contributed by atoms with Crippen molar-refractivity contribution < 1.29 is 0 Å². The summed E-state index contributed by atoms with van der Waals surface area (Å²) >= 11 is 0. The number of fused-ring (bicyclic) bond motifs is 3. The van der Waals surface area contributed by atoms with Gasteiger partial charge in [0.15, 0.2) is 0 Å². The summed E-state index contributed by atoms with van der Waals surface area (Å²) in [5.41, 5.74) is 6.70. The summed E-state index contributed by atoms with van der Waals surface area (Å²) in [4.78, 5) is 11.9. The predicted octanol–water partition coefficient (Wildman–Crippen LogP) is 0.474. The molecular weight excluding hydrogens is 302 g/mol. The van der Waals surface area contributed by atoms with Crippen LogP contribution in [-0.2, 0) is 0 Å². The highest BCUT2D eigenvalue weighted by molar-refractivity contribution is 5.45. The predicted molar refractivity (Wildman–Crippen MR) is 93.9 cm³/mol. The number of aromatic nitrogens is 2. The number of hydrogen-bond acceptors (Lipinski definition) is 7. The molecule has 4 heterocycles. The molecule has 130 valence electrons. The maximum Gasteiger partial charge on any atom is 0.227 e. The molecule has 0 radical (unpaired) electrons. The summed E-state index contributed by atoms with van der Waals surface area (Å²) in [7, 11) is 0. The van der Waals surface area contributed by atoms with Crippen LogP contribution in [0.3, 0.4) is 0 Å². The first-order valence-corrected chi connectivity index (χ1v) is 9.44. The van der Waals surface area contributed by atoms with Crippen LogP contribution in [0.4, 0.5) is 11.8 Å². The molecule has 4 N–H and O–H groups in total. The van der Waals surface area contributed by atoms with Gasteiger partial charge < -0.3 is 15.5 Å². The van der Waals surface area contributed by atoms with Gasteiger partial charge in [0.05, 0.1) is 0 Å². The monoisotopic (exact) mass is 329 g/mol. The number of nitrogens with one attached hydrogen (secondary N) is 4.